The van der Waals surface area contributed by atoms with Gasteiger partial charge in [-0.2, -0.15) is 0 Å². The third-order valence-corrected chi connectivity index (χ3v) is 1.72. The third-order valence-electron chi connectivity index (χ3n) is 1.72. The summed E-state index contributed by atoms with van der Waals surface area (Å²) >= 11 is 0. The first-order chi connectivity index (χ1) is 5.70. The second kappa shape index (κ2) is 7.10. The summed E-state index contributed by atoms with van der Waals surface area (Å²) in [7, 11) is 1.88. The van der Waals surface area contributed by atoms with Crippen LogP contribution in [0.1, 0.15) is 33.1 Å². The lowest BCUT2D eigenvalue weighted by Crippen LogP contribution is -2.16. The number of nitrogens with one attached hydrogen (secondary N) is 1. The summed E-state index contributed by atoms with van der Waals surface area (Å²) in [6.07, 6.45) is 2.32. The highest BCUT2D eigenvalue weighted by Gasteiger charge is 2.06. The minimum atomic E-state index is -0.0837. The van der Waals surface area contributed by atoms with Crippen molar-refractivity contribution in [1.29, 1.82) is 0 Å². The monoisotopic (exact) mass is 173 g/mol. The van der Waals surface area contributed by atoms with Crippen molar-refractivity contribution in [2.75, 3.05) is 13.6 Å². The predicted molar refractivity (Wildman–Crippen MR) is 49.0 cm³/mol. The highest BCUT2D eigenvalue weighted by molar-refractivity contribution is 5.69. The molecule has 1 N–H and O–H groups in total. The van der Waals surface area contributed by atoms with Crippen molar-refractivity contribution >= 4 is 5.97 Å². The van der Waals surface area contributed by atoms with E-state index in [4.69, 9.17) is 4.74 Å². The maximum absolute atomic E-state index is 11.0. The molecule has 0 rings (SSSR count). The first-order valence-corrected chi connectivity index (χ1v) is 4.54. The van der Waals surface area contributed by atoms with E-state index in [0.29, 0.717) is 6.42 Å². The summed E-state index contributed by atoms with van der Waals surface area (Å²) in [5.74, 6) is -0.0837. The number of rotatable bonds is 6. The molecule has 0 aliphatic rings. The third kappa shape index (κ3) is 6.16. The van der Waals surface area contributed by atoms with E-state index in [1.165, 1.54) is 0 Å². The van der Waals surface area contributed by atoms with Gasteiger partial charge in [0.15, 0.2) is 0 Å². The second-order valence-corrected chi connectivity index (χ2v) is 2.92. The van der Waals surface area contributed by atoms with Crippen LogP contribution in [-0.2, 0) is 9.53 Å². The predicted octanol–water partition coefficient (Wildman–Crippen LogP) is 1.33. The number of carbonyl (C=O) groups is 1. The molecule has 0 aromatic carbocycles. The zero-order valence-corrected chi connectivity index (χ0v) is 8.22. The summed E-state index contributed by atoms with van der Waals surface area (Å²) < 4.78 is 5.08. The van der Waals surface area contributed by atoms with Gasteiger partial charge in [-0.05, 0) is 33.4 Å². The Labute approximate surface area is 74.5 Å². The lowest BCUT2D eigenvalue weighted by atomic mass is 10.3. The van der Waals surface area contributed by atoms with Crippen LogP contribution in [0.5, 0.6) is 0 Å². The number of ether oxygens (including phenoxy) is 1. The molecule has 0 bridgehead atoms. The van der Waals surface area contributed by atoms with Crippen molar-refractivity contribution in [3.05, 3.63) is 0 Å². The van der Waals surface area contributed by atoms with Crippen LogP contribution < -0.4 is 5.32 Å². The lowest BCUT2D eigenvalue weighted by molar-refractivity contribution is -0.148. The molecule has 12 heavy (non-hydrogen) atoms. The van der Waals surface area contributed by atoms with Gasteiger partial charge in [-0.3, -0.25) is 4.79 Å². The SMILES string of the molecule is CCC(C)OC(=O)CCCNC. The van der Waals surface area contributed by atoms with Gasteiger partial charge in [0.05, 0.1) is 6.10 Å². The maximum Gasteiger partial charge on any atom is 0.306 e. The van der Waals surface area contributed by atoms with Crippen LogP contribution in [-0.4, -0.2) is 25.7 Å². The Morgan fingerprint density at radius 3 is 2.75 bits per heavy atom. The Kier molecular flexibility index (Phi) is 6.76. The van der Waals surface area contributed by atoms with Gasteiger partial charge in [0.25, 0.3) is 0 Å². The summed E-state index contributed by atoms with van der Waals surface area (Å²) in [6, 6.07) is 0. The van der Waals surface area contributed by atoms with Crippen molar-refractivity contribution in [3.63, 3.8) is 0 Å². The molecule has 0 aliphatic carbocycles. The number of hydrogen-bond acceptors (Lipinski definition) is 3. The van der Waals surface area contributed by atoms with E-state index < -0.39 is 0 Å². The Morgan fingerprint density at radius 1 is 1.58 bits per heavy atom. The Hall–Kier alpha value is -0.570. The van der Waals surface area contributed by atoms with Crippen molar-refractivity contribution in [3.8, 4) is 0 Å². The van der Waals surface area contributed by atoms with Gasteiger partial charge in [-0.15, -0.1) is 0 Å². The van der Waals surface area contributed by atoms with Gasteiger partial charge in [0, 0.05) is 6.42 Å². The first-order valence-electron chi connectivity index (χ1n) is 4.54. The van der Waals surface area contributed by atoms with Crippen molar-refractivity contribution in [1.82, 2.24) is 5.32 Å². The molecule has 0 radical (unpaired) electrons. The molecule has 3 heteroatoms. The van der Waals surface area contributed by atoms with E-state index in [1.54, 1.807) is 0 Å². The smallest absolute Gasteiger partial charge is 0.306 e. The average Bonchev–Trinajstić information content (AvgIpc) is 2.05. The fraction of sp³-hybridized carbons (Fsp3) is 0.889. The van der Waals surface area contributed by atoms with E-state index in [2.05, 4.69) is 5.32 Å². The van der Waals surface area contributed by atoms with Crippen molar-refractivity contribution in [2.24, 2.45) is 0 Å². The first kappa shape index (κ1) is 11.4. The summed E-state index contributed by atoms with van der Waals surface area (Å²) in [6.45, 7) is 4.79. The van der Waals surface area contributed by atoms with E-state index >= 15 is 0 Å². The topological polar surface area (TPSA) is 38.3 Å². The van der Waals surface area contributed by atoms with E-state index in [-0.39, 0.29) is 12.1 Å². The molecular weight excluding hydrogens is 154 g/mol. The molecule has 0 aromatic rings. The van der Waals surface area contributed by atoms with Gasteiger partial charge in [-0.1, -0.05) is 6.92 Å². The molecule has 1 unspecified atom stereocenters. The van der Waals surface area contributed by atoms with E-state index in [0.717, 1.165) is 19.4 Å². The van der Waals surface area contributed by atoms with Crippen LogP contribution in [0.15, 0.2) is 0 Å². The quantitative estimate of drug-likeness (QED) is 0.486. The van der Waals surface area contributed by atoms with Gasteiger partial charge >= 0.3 is 5.97 Å². The molecule has 0 amide bonds. The molecule has 0 aromatic heterocycles. The van der Waals surface area contributed by atoms with Crippen LogP contribution in [0.4, 0.5) is 0 Å². The Bertz CT molecular complexity index is 126. The number of carbonyl (C=O) groups excluding carboxylic acids is 1. The zero-order valence-electron chi connectivity index (χ0n) is 8.22. The van der Waals surface area contributed by atoms with E-state index in [1.807, 2.05) is 20.9 Å². The highest BCUT2D eigenvalue weighted by Crippen LogP contribution is 1.99. The zero-order chi connectivity index (χ0) is 9.40. The molecule has 0 spiro atoms. The molecule has 0 heterocycles. The molecular formula is C9H19NO2. The fourth-order valence-corrected chi connectivity index (χ4v) is 0.776. The summed E-state index contributed by atoms with van der Waals surface area (Å²) in [4.78, 5) is 11.0. The maximum atomic E-state index is 11.0. The van der Waals surface area contributed by atoms with Crippen LogP contribution >= 0.6 is 0 Å². The number of hydrogen-bond donors (Lipinski definition) is 1. The van der Waals surface area contributed by atoms with Gasteiger partial charge in [0.1, 0.15) is 0 Å². The van der Waals surface area contributed by atoms with Crippen molar-refractivity contribution < 1.29 is 9.53 Å². The summed E-state index contributed by atoms with van der Waals surface area (Å²) in [5.41, 5.74) is 0. The molecule has 0 aliphatic heterocycles. The average molecular weight is 173 g/mol. The normalized spacial score (nSPS) is 12.6. The summed E-state index contributed by atoms with van der Waals surface area (Å²) in [5, 5.41) is 2.98. The molecule has 72 valence electrons. The second-order valence-electron chi connectivity index (χ2n) is 2.92. The standard InChI is InChI=1S/C9H19NO2/c1-4-8(2)12-9(11)6-5-7-10-3/h8,10H,4-7H2,1-3H3. The van der Waals surface area contributed by atoms with Crippen LogP contribution in [0.2, 0.25) is 0 Å². The highest BCUT2D eigenvalue weighted by atomic mass is 16.5. The Balaban J connectivity index is 3.33. The largest absolute Gasteiger partial charge is 0.463 e. The van der Waals surface area contributed by atoms with E-state index in [9.17, 15) is 4.79 Å². The van der Waals surface area contributed by atoms with Crippen molar-refractivity contribution in [2.45, 2.75) is 39.2 Å². The fourth-order valence-electron chi connectivity index (χ4n) is 0.776. The van der Waals surface area contributed by atoms with Gasteiger partial charge in [0.2, 0.25) is 0 Å². The molecule has 0 saturated carbocycles. The minimum Gasteiger partial charge on any atom is -0.463 e. The van der Waals surface area contributed by atoms with Gasteiger partial charge in [-0.25, -0.2) is 0 Å². The van der Waals surface area contributed by atoms with Crippen LogP contribution in [0.3, 0.4) is 0 Å². The molecule has 1 atom stereocenters. The van der Waals surface area contributed by atoms with Gasteiger partial charge < -0.3 is 10.1 Å². The molecule has 3 nitrogen and oxygen atoms in total. The molecule has 0 saturated heterocycles. The Morgan fingerprint density at radius 2 is 2.25 bits per heavy atom. The van der Waals surface area contributed by atoms with Crippen LogP contribution in [0, 0.1) is 0 Å². The lowest BCUT2D eigenvalue weighted by Gasteiger charge is -2.10. The molecule has 0 fully saturated rings. The minimum absolute atomic E-state index is 0.0621. The number of esters is 1. The van der Waals surface area contributed by atoms with Crippen LogP contribution in [0.25, 0.3) is 0 Å².